The number of hydrogen-bond donors (Lipinski definition) is 2. The third kappa shape index (κ3) is 6.11. The molecule has 0 saturated heterocycles. The monoisotopic (exact) mass is 376 g/mol. The number of rotatable bonds is 8. The number of guanidine groups is 1. The summed E-state index contributed by atoms with van der Waals surface area (Å²) in [5.41, 5.74) is 1.97. The summed E-state index contributed by atoms with van der Waals surface area (Å²) < 4.78 is 10.9. The highest BCUT2D eigenvalue weighted by Gasteiger charge is 2.07. The molecule has 0 radical (unpaired) electrons. The average Bonchev–Trinajstić information content (AvgIpc) is 2.64. The molecule has 1 aromatic heterocycles. The van der Waals surface area contributed by atoms with Gasteiger partial charge in [-0.3, -0.25) is 4.99 Å². The van der Waals surface area contributed by atoms with Crippen molar-refractivity contribution in [1.29, 1.82) is 0 Å². The summed E-state index contributed by atoms with van der Waals surface area (Å²) in [7, 11) is 1.63. The molecule has 0 fully saturated rings. The standard InChI is InChI=1S/C19H25ClN4O2/c1-4-21-19(22-11-10-14-6-9-18(20)23-13-14)24-15-7-8-16(25-3)17(12-15)26-5-2/h6-9,12-13H,4-5,10-11H2,1-3H3,(H2,21,22,24). The van der Waals surface area contributed by atoms with Gasteiger partial charge in [0, 0.05) is 31.0 Å². The quantitative estimate of drug-likeness (QED) is 0.417. The van der Waals surface area contributed by atoms with Crippen LogP contribution >= 0.6 is 11.6 Å². The van der Waals surface area contributed by atoms with Gasteiger partial charge in [0.05, 0.1) is 13.7 Å². The van der Waals surface area contributed by atoms with Crippen LogP contribution in [0.15, 0.2) is 41.5 Å². The molecule has 26 heavy (non-hydrogen) atoms. The predicted octanol–water partition coefficient (Wildman–Crippen LogP) is 3.76. The van der Waals surface area contributed by atoms with Crippen molar-refractivity contribution in [3.05, 3.63) is 47.2 Å². The first-order valence-corrected chi connectivity index (χ1v) is 9.00. The second kappa shape index (κ2) is 10.5. The van der Waals surface area contributed by atoms with Gasteiger partial charge in [0.15, 0.2) is 17.5 Å². The van der Waals surface area contributed by atoms with E-state index in [-0.39, 0.29) is 0 Å². The number of halogens is 1. The Morgan fingerprint density at radius 2 is 2.04 bits per heavy atom. The first-order valence-electron chi connectivity index (χ1n) is 8.62. The summed E-state index contributed by atoms with van der Waals surface area (Å²) in [5, 5.41) is 7.03. The zero-order valence-corrected chi connectivity index (χ0v) is 16.1. The third-order valence-corrected chi connectivity index (χ3v) is 3.75. The maximum atomic E-state index is 5.81. The second-order valence-corrected chi connectivity index (χ2v) is 5.81. The van der Waals surface area contributed by atoms with E-state index in [9.17, 15) is 0 Å². The van der Waals surface area contributed by atoms with Gasteiger partial charge in [-0.25, -0.2) is 4.98 Å². The lowest BCUT2D eigenvalue weighted by Gasteiger charge is -2.14. The summed E-state index contributed by atoms with van der Waals surface area (Å²) >= 11 is 5.81. The number of anilines is 1. The van der Waals surface area contributed by atoms with E-state index >= 15 is 0 Å². The van der Waals surface area contributed by atoms with Gasteiger partial charge in [0.25, 0.3) is 0 Å². The summed E-state index contributed by atoms with van der Waals surface area (Å²) in [5.74, 6) is 2.11. The molecular weight excluding hydrogens is 352 g/mol. The number of nitrogens with one attached hydrogen (secondary N) is 2. The Kier molecular flexibility index (Phi) is 8.02. The Bertz CT molecular complexity index is 720. The molecule has 6 nitrogen and oxygen atoms in total. The molecule has 1 aromatic carbocycles. The summed E-state index contributed by atoms with van der Waals surface area (Å²) in [6.07, 6.45) is 2.56. The van der Waals surface area contributed by atoms with Gasteiger partial charge < -0.3 is 20.1 Å². The van der Waals surface area contributed by atoms with Crippen molar-refractivity contribution in [3.8, 4) is 11.5 Å². The van der Waals surface area contributed by atoms with Gasteiger partial charge in [-0.2, -0.15) is 0 Å². The van der Waals surface area contributed by atoms with Crippen LogP contribution < -0.4 is 20.1 Å². The molecule has 7 heteroatoms. The highest BCUT2D eigenvalue weighted by Crippen LogP contribution is 2.30. The van der Waals surface area contributed by atoms with Crippen LogP contribution in [0.2, 0.25) is 5.15 Å². The molecule has 140 valence electrons. The zero-order chi connectivity index (χ0) is 18.8. The molecule has 0 amide bonds. The minimum atomic E-state index is 0.497. The number of ether oxygens (including phenoxy) is 2. The Balaban J connectivity index is 2.04. The molecular formula is C19H25ClN4O2. The largest absolute Gasteiger partial charge is 0.493 e. The predicted molar refractivity (Wildman–Crippen MR) is 107 cm³/mol. The Hall–Kier alpha value is -2.47. The molecule has 2 N–H and O–H groups in total. The Labute approximate surface area is 159 Å². The highest BCUT2D eigenvalue weighted by atomic mass is 35.5. The van der Waals surface area contributed by atoms with Crippen molar-refractivity contribution in [2.24, 2.45) is 4.99 Å². The van der Waals surface area contributed by atoms with Gasteiger partial charge in [0.1, 0.15) is 5.15 Å². The lowest BCUT2D eigenvalue weighted by molar-refractivity contribution is 0.311. The fourth-order valence-corrected chi connectivity index (χ4v) is 2.43. The van der Waals surface area contributed by atoms with E-state index in [1.54, 1.807) is 19.4 Å². The van der Waals surface area contributed by atoms with Crippen molar-refractivity contribution in [2.75, 3.05) is 32.1 Å². The van der Waals surface area contributed by atoms with Gasteiger partial charge in [-0.05, 0) is 44.0 Å². The van der Waals surface area contributed by atoms with Crippen molar-refractivity contribution >= 4 is 23.2 Å². The summed E-state index contributed by atoms with van der Waals surface area (Å²) in [4.78, 5) is 8.69. The van der Waals surface area contributed by atoms with E-state index in [0.29, 0.717) is 35.8 Å². The minimum absolute atomic E-state index is 0.497. The van der Waals surface area contributed by atoms with Gasteiger partial charge in [-0.1, -0.05) is 17.7 Å². The molecule has 2 aromatic rings. The lowest BCUT2D eigenvalue weighted by atomic mass is 10.2. The van der Waals surface area contributed by atoms with Crippen molar-refractivity contribution in [1.82, 2.24) is 10.3 Å². The maximum absolute atomic E-state index is 5.81. The van der Waals surface area contributed by atoms with Crippen molar-refractivity contribution < 1.29 is 9.47 Å². The molecule has 0 aliphatic heterocycles. The van der Waals surface area contributed by atoms with Crippen LogP contribution in [0, 0.1) is 0 Å². The molecule has 0 saturated carbocycles. The molecule has 0 bridgehead atoms. The van der Waals surface area contributed by atoms with E-state index in [4.69, 9.17) is 21.1 Å². The van der Waals surface area contributed by atoms with Crippen molar-refractivity contribution in [2.45, 2.75) is 20.3 Å². The second-order valence-electron chi connectivity index (χ2n) is 5.42. The third-order valence-electron chi connectivity index (χ3n) is 3.53. The Morgan fingerprint density at radius 1 is 1.19 bits per heavy atom. The van der Waals surface area contributed by atoms with Crippen LogP contribution in [0.4, 0.5) is 5.69 Å². The molecule has 0 aliphatic rings. The molecule has 0 atom stereocenters. The number of aromatic nitrogens is 1. The highest BCUT2D eigenvalue weighted by molar-refractivity contribution is 6.29. The number of methoxy groups -OCH3 is 1. The smallest absolute Gasteiger partial charge is 0.195 e. The van der Waals surface area contributed by atoms with E-state index in [0.717, 1.165) is 24.2 Å². The normalized spacial score (nSPS) is 11.2. The van der Waals surface area contributed by atoms with Gasteiger partial charge >= 0.3 is 0 Å². The van der Waals surface area contributed by atoms with Crippen LogP contribution in [0.25, 0.3) is 0 Å². The average molecular weight is 377 g/mol. The van der Waals surface area contributed by atoms with E-state index in [2.05, 4.69) is 20.6 Å². The fourth-order valence-electron chi connectivity index (χ4n) is 2.32. The van der Waals surface area contributed by atoms with Gasteiger partial charge in [-0.15, -0.1) is 0 Å². The first-order chi connectivity index (χ1) is 12.7. The number of hydrogen-bond acceptors (Lipinski definition) is 4. The zero-order valence-electron chi connectivity index (χ0n) is 15.4. The minimum Gasteiger partial charge on any atom is -0.493 e. The van der Waals surface area contributed by atoms with Crippen LogP contribution in [-0.4, -0.2) is 37.7 Å². The van der Waals surface area contributed by atoms with Crippen LogP contribution in [0.1, 0.15) is 19.4 Å². The van der Waals surface area contributed by atoms with Gasteiger partial charge in [0.2, 0.25) is 0 Å². The molecule has 1 heterocycles. The number of benzene rings is 1. The molecule has 0 aliphatic carbocycles. The maximum Gasteiger partial charge on any atom is 0.195 e. The number of nitrogens with zero attached hydrogens (tertiary/aromatic N) is 2. The SMILES string of the molecule is CCNC(=NCCc1ccc(Cl)nc1)Nc1ccc(OC)c(OCC)c1. The summed E-state index contributed by atoms with van der Waals surface area (Å²) in [6, 6.07) is 9.45. The Morgan fingerprint density at radius 3 is 2.69 bits per heavy atom. The number of pyridine rings is 1. The van der Waals surface area contributed by atoms with E-state index in [1.807, 2.05) is 38.1 Å². The first kappa shape index (κ1) is 19.8. The topological polar surface area (TPSA) is 67.8 Å². The lowest BCUT2D eigenvalue weighted by Crippen LogP contribution is -2.30. The van der Waals surface area contributed by atoms with E-state index < -0.39 is 0 Å². The number of aliphatic imine (C=N–C) groups is 1. The molecule has 0 spiro atoms. The fraction of sp³-hybridized carbons (Fsp3) is 0.368. The van der Waals surface area contributed by atoms with Crippen LogP contribution in [0.5, 0.6) is 11.5 Å². The van der Waals surface area contributed by atoms with E-state index in [1.165, 1.54) is 0 Å². The molecule has 2 rings (SSSR count). The van der Waals surface area contributed by atoms with Crippen LogP contribution in [-0.2, 0) is 6.42 Å². The molecule has 0 unspecified atom stereocenters. The van der Waals surface area contributed by atoms with Crippen LogP contribution in [0.3, 0.4) is 0 Å². The summed E-state index contributed by atoms with van der Waals surface area (Å²) in [6.45, 7) is 5.94. The van der Waals surface area contributed by atoms with Crippen molar-refractivity contribution in [3.63, 3.8) is 0 Å².